The molecule has 0 aliphatic carbocycles. The van der Waals surface area contributed by atoms with Crippen LogP contribution in [0.2, 0.25) is 0 Å². The predicted octanol–water partition coefficient (Wildman–Crippen LogP) is 0.548. The fraction of sp³-hybridized carbons (Fsp3) is 0.500. The summed E-state index contributed by atoms with van der Waals surface area (Å²) in [6.45, 7) is 1.34. The molecule has 1 aromatic heterocycles. The summed E-state index contributed by atoms with van der Waals surface area (Å²) < 4.78 is 0. The number of rotatable bonds is 5. The molecule has 4 N–H and O–H groups in total. The van der Waals surface area contributed by atoms with Crippen LogP contribution >= 0.6 is 0 Å². The molecule has 0 amide bonds. The van der Waals surface area contributed by atoms with E-state index in [1.54, 1.807) is 0 Å². The van der Waals surface area contributed by atoms with Crippen LogP contribution in [0, 0.1) is 5.92 Å². The number of nitrogens with two attached hydrogens (primary N) is 2. The van der Waals surface area contributed by atoms with Gasteiger partial charge in [-0.05, 0) is 44.0 Å². The van der Waals surface area contributed by atoms with Crippen molar-refractivity contribution in [3.63, 3.8) is 0 Å². The van der Waals surface area contributed by atoms with E-state index in [1.165, 1.54) is 0 Å². The number of pyridine rings is 1. The minimum atomic E-state index is 0.432. The Hall–Kier alpha value is -0.930. The molecule has 0 spiro atoms. The fourth-order valence-electron chi connectivity index (χ4n) is 1.23. The van der Waals surface area contributed by atoms with Crippen molar-refractivity contribution in [3.8, 4) is 0 Å². The van der Waals surface area contributed by atoms with Crippen LogP contribution < -0.4 is 11.5 Å². The van der Waals surface area contributed by atoms with Gasteiger partial charge in [-0.1, -0.05) is 6.07 Å². The maximum atomic E-state index is 5.55. The second kappa shape index (κ2) is 5.67. The van der Waals surface area contributed by atoms with Gasteiger partial charge < -0.3 is 11.5 Å². The average molecular weight is 179 g/mol. The minimum Gasteiger partial charge on any atom is -0.330 e. The van der Waals surface area contributed by atoms with Gasteiger partial charge in [0.05, 0.1) is 0 Å². The Balaban J connectivity index is 2.34. The molecule has 3 nitrogen and oxygen atoms in total. The van der Waals surface area contributed by atoms with Crippen molar-refractivity contribution in [2.24, 2.45) is 17.4 Å². The zero-order valence-corrected chi connectivity index (χ0v) is 7.82. The lowest BCUT2D eigenvalue weighted by molar-refractivity contribution is 0.505. The van der Waals surface area contributed by atoms with E-state index in [2.05, 4.69) is 4.98 Å². The van der Waals surface area contributed by atoms with Gasteiger partial charge in [0, 0.05) is 11.9 Å². The summed E-state index contributed by atoms with van der Waals surface area (Å²) in [5.74, 6) is 0.432. The van der Waals surface area contributed by atoms with Crippen LogP contribution in [0.4, 0.5) is 0 Å². The Morgan fingerprint density at radius 3 is 2.54 bits per heavy atom. The number of hydrogen-bond acceptors (Lipinski definition) is 3. The molecule has 0 unspecified atom stereocenters. The van der Waals surface area contributed by atoms with E-state index in [0.717, 1.165) is 18.5 Å². The normalized spacial score (nSPS) is 10.7. The van der Waals surface area contributed by atoms with E-state index >= 15 is 0 Å². The predicted molar refractivity (Wildman–Crippen MR) is 54.2 cm³/mol. The van der Waals surface area contributed by atoms with Gasteiger partial charge in [0.25, 0.3) is 0 Å². The molecule has 0 saturated heterocycles. The van der Waals surface area contributed by atoms with Gasteiger partial charge in [0.2, 0.25) is 0 Å². The second-order valence-electron chi connectivity index (χ2n) is 3.20. The molecule has 1 heterocycles. The van der Waals surface area contributed by atoms with Crippen molar-refractivity contribution in [2.75, 3.05) is 13.1 Å². The van der Waals surface area contributed by atoms with Gasteiger partial charge in [-0.25, -0.2) is 0 Å². The first kappa shape index (κ1) is 10.2. The molecule has 0 aliphatic rings. The molecule has 0 bridgehead atoms. The SMILES string of the molecule is NCC(CN)CCc1ccccn1. The van der Waals surface area contributed by atoms with Crippen molar-refractivity contribution < 1.29 is 0 Å². The molecule has 0 saturated carbocycles. The van der Waals surface area contributed by atoms with Crippen LogP contribution in [-0.2, 0) is 6.42 Å². The fourth-order valence-corrected chi connectivity index (χ4v) is 1.23. The van der Waals surface area contributed by atoms with Crippen LogP contribution in [0.15, 0.2) is 24.4 Å². The number of nitrogens with zero attached hydrogens (tertiary/aromatic N) is 1. The maximum Gasteiger partial charge on any atom is 0.0403 e. The third-order valence-corrected chi connectivity index (χ3v) is 2.20. The van der Waals surface area contributed by atoms with Gasteiger partial charge >= 0.3 is 0 Å². The van der Waals surface area contributed by atoms with Crippen LogP contribution in [0.1, 0.15) is 12.1 Å². The third kappa shape index (κ3) is 3.53. The molecule has 1 aromatic rings. The van der Waals surface area contributed by atoms with Gasteiger partial charge in [0.1, 0.15) is 0 Å². The minimum absolute atomic E-state index is 0.432. The maximum absolute atomic E-state index is 5.55. The molecule has 0 radical (unpaired) electrons. The Kier molecular flexibility index (Phi) is 4.43. The van der Waals surface area contributed by atoms with Gasteiger partial charge in [0.15, 0.2) is 0 Å². The van der Waals surface area contributed by atoms with Crippen molar-refractivity contribution in [3.05, 3.63) is 30.1 Å². The zero-order valence-electron chi connectivity index (χ0n) is 7.82. The Bertz CT molecular complexity index is 219. The van der Waals surface area contributed by atoms with Crippen molar-refractivity contribution in [2.45, 2.75) is 12.8 Å². The monoisotopic (exact) mass is 179 g/mol. The van der Waals surface area contributed by atoms with E-state index in [9.17, 15) is 0 Å². The van der Waals surface area contributed by atoms with Gasteiger partial charge in [-0.15, -0.1) is 0 Å². The highest BCUT2D eigenvalue weighted by Gasteiger charge is 2.04. The Morgan fingerprint density at radius 2 is 2.00 bits per heavy atom. The lowest BCUT2D eigenvalue weighted by Gasteiger charge is -2.10. The standard InChI is InChI=1S/C10H17N3/c11-7-9(8-12)4-5-10-3-1-2-6-13-10/h1-3,6,9H,4-5,7-8,11-12H2. The van der Waals surface area contributed by atoms with E-state index in [1.807, 2.05) is 24.4 Å². The molecule has 0 atom stereocenters. The quantitative estimate of drug-likeness (QED) is 0.693. The number of hydrogen-bond donors (Lipinski definition) is 2. The largest absolute Gasteiger partial charge is 0.330 e. The Morgan fingerprint density at radius 1 is 1.23 bits per heavy atom. The first-order chi connectivity index (χ1) is 6.36. The molecule has 3 heteroatoms. The highest BCUT2D eigenvalue weighted by molar-refractivity contribution is 5.03. The zero-order chi connectivity index (χ0) is 9.52. The summed E-state index contributed by atoms with van der Waals surface area (Å²) in [5, 5.41) is 0. The highest BCUT2D eigenvalue weighted by Crippen LogP contribution is 2.05. The van der Waals surface area contributed by atoms with Crippen LogP contribution in [-0.4, -0.2) is 18.1 Å². The second-order valence-corrected chi connectivity index (χ2v) is 3.20. The number of aryl methyl sites for hydroxylation is 1. The van der Waals surface area contributed by atoms with Gasteiger partial charge in [-0.3, -0.25) is 4.98 Å². The molecule has 0 aliphatic heterocycles. The summed E-state index contributed by atoms with van der Waals surface area (Å²) >= 11 is 0. The van der Waals surface area contributed by atoms with Gasteiger partial charge in [-0.2, -0.15) is 0 Å². The smallest absolute Gasteiger partial charge is 0.0403 e. The summed E-state index contributed by atoms with van der Waals surface area (Å²) in [6.07, 6.45) is 3.82. The lowest BCUT2D eigenvalue weighted by atomic mass is 10.0. The van der Waals surface area contributed by atoms with Crippen molar-refractivity contribution >= 4 is 0 Å². The third-order valence-electron chi connectivity index (χ3n) is 2.20. The first-order valence-electron chi connectivity index (χ1n) is 4.67. The van der Waals surface area contributed by atoms with E-state index in [4.69, 9.17) is 11.5 Å². The van der Waals surface area contributed by atoms with Crippen LogP contribution in [0.5, 0.6) is 0 Å². The summed E-state index contributed by atoms with van der Waals surface area (Å²) in [5.41, 5.74) is 12.2. The topological polar surface area (TPSA) is 64.9 Å². The van der Waals surface area contributed by atoms with Crippen LogP contribution in [0.3, 0.4) is 0 Å². The van der Waals surface area contributed by atoms with E-state index in [-0.39, 0.29) is 0 Å². The summed E-state index contributed by atoms with van der Waals surface area (Å²) in [4.78, 5) is 4.24. The summed E-state index contributed by atoms with van der Waals surface area (Å²) in [7, 11) is 0. The Labute approximate surface area is 79.2 Å². The summed E-state index contributed by atoms with van der Waals surface area (Å²) in [6, 6.07) is 5.96. The molecule has 13 heavy (non-hydrogen) atoms. The lowest BCUT2D eigenvalue weighted by Crippen LogP contribution is -2.23. The van der Waals surface area contributed by atoms with Crippen molar-refractivity contribution in [1.29, 1.82) is 0 Å². The molecular formula is C10H17N3. The molecular weight excluding hydrogens is 162 g/mol. The van der Waals surface area contributed by atoms with E-state index < -0.39 is 0 Å². The first-order valence-corrected chi connectivity index (χ1v) is 4.67. The number of aromatic nitrogens is 1. The molecule has 72 valence electrons. The molecule has 0 aromatic carbocycles. The average Bonchev–Trinajstić information content (AvgIpc) is 2.21. The molecule has 1 rings (SSSR count). The molecule has 0 fully saturated rings. The van der Waals surface area contributed by atoms with E-state index in [0.29, 0.717) is 19.0 Å². The van der Waals surface area contributed by atoms with Crippen LogP contribution in [0.25, 0.3) is 0 Å². The highest BCUT2D eigenvalue weighted by atomic mass is 14.7. The van der Waals surface area contributed by atoms with Crippen molar-refractivity contribution in [1.82, 2.24) is 4.98 Å².